The summed E-state index contributed by atoms with van der Waals surface area (Å²) in [5.74, 6) is 0. The van der Waals surface area contributed by atoms with Gasteiger partial charge in [0.1, 0.15) is 0 Å². The largest absolute Gasteiger partial charge is 3.00 e. The zero-order valence-electron chi connectivity index (χ0n) is 2.51. The Morgan fingerprint density at radius 2 is 1.00 bits per heavy atom. The normalized spacial score (nSPS) is 4.50. The first kappa shape index (κ1) is 15.8. The molecule has 0 rings (SSSR count). The fourth-order valence-corrected chi connectivity index (χ4v) is 0. The second-order valence-electron chi connectivity index (χ2n) is 0.289. The van der Waals surface area contributed by atoms with Crippen LogP contribution in [0.3, 0.4) is 0 Å². The van der Waals surface area contributed by atoms with Gasteiger partial charge in [-0.25, -0.2) is 0 Å². The molecule has 0 atom stereocenters. The van der Waals surface area contributed by atoms with Gasteiger partial charge in [0.05, 0.1) is 0 Å². The summed E-state index contributed by atoms with van der Waals surface area (Å²) in [6.45, 7) is 0. The molecule has 0 amide bonds. The van der Waals surface area contributed by atoms with Crippen LogP contribution in [0.4, 0.5) is 0 Å². The van der Waals surface area contributed by atoms with Gasteiger partial charge < -0.3 is 15.1 Å². The number of hydrogen-bond donors (Lipinski definition) is 0. The number of rotatable bonds is 0. The van der Waals surface area contributed by atoms with Crippen molar-refractivity contribution in [2.45, 2.75) is 0 Å². The van der Waals surface area contributed by atoms with Crippen molar-refractivity contribution < 1.29 is 49.2 Å². The van der Waals surface area contributed by atoms with E-state index in [9.17, 15) is 0 Å². The van der Waals surface area contributed by atoms with Crippen LogP contribution in [0.25, 0.3) is 0 Å². The molecule has 0 N–H and O–H groups in total. The van der Waals surface area contributed by atoms with Crippen molar-refractivity contribution in [2.24, 2.45) is 0 Å². The molecule has 6 heavy (non-hydrogen) atoms. The maximum absolute atomic E-state index is 8.42. The minimum atomic E-state index is -2.92. The van der Waals surface area contributed by atoms with Crippen LogP contribution in [-0.4, -0.2) is 7.32 Å². The van der Waals surface area contributed by atoms with Crippen LogP contribution in [0.5, 0.6) is 0 Å². The molecule has 0 fully saturated rings. The Labute approximate surface area is 56.9 Å². The maximum atomic E-state index is 8.42. The molecule has 3 nitrogen and oxygen atoms in total. The first-order valence-corrected chi connectivity index (χ1v) is 0.707. The predicted molar refractivity (Wildman–Crippen MR) is 5.75 cm³/mol. The van der Waals surface area contributed by atoms with Gasteiger partial charge in [-0.2, -0.15) is 0 Å². The second kappa shape index (κ2) is 9.36. The van der Waals surface area contributed by atoms with Gasteiger partial charge in [-0.05, 0) is 0 Å². The molecule has 0 bridgehead atoms. The minimum absolute atomic E-state index is 0. The molecule has 0 saturated heterocycles. The summed E-state index contributed by atoms with van der Waals surface area (Å²) in [7, 11) is -2.92. The predicted octanol–water partition coefficient (Wildman–Crippen LogP) is -3.95. The topological polar surface area (TPSA) is 69.2 Å². The van der Waals surface area contributed by atoms with E-state index in [-0.39, 0.29) is 34.1 Å². The minimum Gasteiger partial charge on any atom is -0.907 e. The molecule has 0 aromatic heterocycles. The van der Waals surface area contributed by atoms with E-state index in [0.717, 1.165) is 0 Å². The van der Waals surface area contributed by atoms with E-state index in [1.54, 1.807) is 0 Å². The Hall–Kier alpha value is 0.984. The van der Waals surface area contributed by atoms with Gasteiger partial charge in [-0.15, -0.1) is 0 Å². The standard InChI is InChI=1S/BO3.2Fe/c2-1(3)4;;/q-3;;+3. The van der Waals surface area contributed by atoms with Crippen molar-refractivity contribution in [3.63, 3.8) is 0 Å². The van der Waals surface area contributed by atoms with Gasteiger partial charge in [0.25, 0.3) is 0 Å². The summed E-state index contributed by atoms with van der Waals surface area (Å²) >= 11 is 0. The second-order valence-corrected chi connectivity index (χ2v) is 0.289. The van der Waals surface area contributed by atoms with Gasteiger partial charge in [0.15, 0.2) is 0 Å². The smallest absolute Gasteiger partial charge is 0.907 e. The summed E-state index contributed by atoms with van der Waals surface area (Å²) in [4.78, 5) is 0. The van der Waals surface area contributed by atoms with Gasteiger partial charge in [0, 0.05) is 17.1 Å². The van der Waals surface area contributed by atoms with Crippen molar-refractivity contribution in [1.82, 2.24) is 0 Å². The van der Waals surface area contributed by atoms with Crippen LogP contribution in [0.2, 0.25) is 0 Å². The van der Waals surface area contributed by atoms with Gasteiger partial charge in [-0.1, -0.05) is 0 Å². The van der Waals surface area contributed by atoms with Crippen molar-refractivity contribution in [1.29, 1.82) is 0 Å². The SMILES string of the molecule is [Fe+3].[Fe].[O-]B([O-])[O-]. The molecule has 37 valence electrons. The molecule has 0 aromatic rings. The Morgan fingerprint density at radius 1 is 1.00 bits per heavy atom. The average Bonchev–Trinajstić information content (AvgIpc) is 0.811. The first-order chi connectivity index (χ1) is 1.73. The Bertz CT molecular complexity index is 13.5. The summed E-state index contributed by atoms with van der Waals surface area (Å²) in [5, 5.41) is 25.2. The van der Waals surface area contributed by atoms with Crippen molar-refractivity contribution in [2.75, 3.05) is 0 Å². The van der Waals surface area contributed by atoms with Crippen LogP contribution in [-0.2, 0) is 34.1 Å². The Morgan fingerprint density at radius 3 is 1.00 bits per heavy atom. The molecule has 1 radical (unpaired) electrons. The third-order valence-electron chi connectivity index (χ3n) is 0. The summed E-state index contributed by atoms with van der Waals surface area (Å²) in [5.41, 5.74) is 0. The van der Waals surface area contributed by atoms with E-state index in [4.69, 9.17) is 15.1 Å². The Balaban J connectivity index is -0.0000000450. The molecule has 0 aliphatic rings. The molecule has 0 saturated carbocycles. The Kier molecular flexibility index (Phi) is 24.6. The summed E-state index contributed by atoms with van der Waals surface area (Å²) in [6, 6.07) is 0. The maximum Gasteiger partial charge on any atom is 3.00 e. The van der Waals surface area contributed by atoms with Crippen LogP contribution in [0, 0.1) is 0 Å². The van der Waals surface area contributed by atoms with E-state index in [1.165, 1.54) is 0 Å². The van der Waals surface area contributed by atoms with Crippen LogP contribution >= 0.6 is 0 Å². The fourth-order valence-electron chi connectivity index (χ4n) is 0. The van der Waals surface area contributed by atoms with Crippen molar-refractivity contribution in [3.05, 3.63) is 0 Å². The average molecular weight is 170 g/mol. The van der Waals surface area contributed by atoms with Gasteiger partial charge in [-0.3, -0.25) is 7.32 Å². The molecular formula is BFe2O3. The molecule has 0 unspecified atom stereocenters. The van der Waals surface area contributed by atoms with E-state index >= 15 is 0 Å². The molecular weight excluding hydrogens is 170 g/mol. The van der Waals surface area contributed by atoms with Gasteiger partial charge in [0.2, 0.25) is 0 Å². The van der Waals surface area contributed by atoms with E-state index in [0.29, 0.717) is 0 Å². The molecule has 0 aromatic carbocycles. The molecule has 0 spiro atoms. The quantitative estimate of drug-likeness (QED) is 0.349. The summed E-state index contributed by atoms with van der Waals surface area (Å²) in [6.07, 6.45) is 0. The number of hydrogen-bond acceptors (Lipinski definition) is 3. The molecule has 0 aliphatic carbocycles. The van der Waals surface area contributed by atoms with E-state index in [2.05, 4.69) is 0 Å². The van der Waals surface area contributed by atoms with Gasteiger partial charge >= 0.3 is 17.1 Å². The molecule has 0 heterocycles. The monoisotopic (exact) mass is 171 g/mol. The third-order valence-corrected chi connectivity index (χ3v) is 0. The van der Waals surface area contributed by atoms with Crippen LogP contribution < -0.4 is 15.1 Å². The molecule has 0 aliphatic heterocycles. The first-order valence-electron chi connectivity index (χ1n) is 0.707. The van der Waals surface area contributed by atoms with Crippen LogP contribution in [0.15, 0.2) is 0 Å². The zero-order chi connectivity index (χ0) is 3.58. The fraction of sp³-hybridized carbons (Fsp3) is 0. The molecule has 6 heteroatoms. The third kappa shape index (κ3) is 81.7. The van der Waals surface area contributed by atoms with E-state index in [1.807, 2.05) is 0 Å². The van der Waals surface area contributed by atoms with Crippen molar-refractivity contribution >= 4 is 7.32 Å². The van der Waals surface area contributed by atoms with Crippen molar-refractivity contribution in [3.8, 4) is 0 Å². The van der Waals surface area contributed by atoms with E-state index < -0.39 is 7.32 Å². The summed E-state index contributed by atoms with van der Waals surface area (Å²) < 4.78 is 0. The zero-order valence-corrected chi connectivity index (χ0v) is 4.72. The van der Waals surface area contributed by atoms with Crippen LogP contribution in [0.1, 0.15) is 0 Å².